The van der Waals surface area contributed by atoms with Gasteiger partial charge in [0.25, 0.3) is 0 Å². The van der Waals surface area contributed by atoms with Crippen LogP contribution in [0.1, 0.15) is 0 Å². The second-order valence-corrected chi connectivity index (χ2v) is 6.45. The first-order valence-electron chi connectivity index (χ1n) is 7.94. The number of benzene rings is 1. The lowest BCUT2D eigenvalue weighted by molar-refractivity contribution is -0.443. The molecule has 0 fully saturated rings. The first-order chi connectivity index (χ1) is 15.2. The molecule has 0 unspecified atom stereocenters. The van der Waals surface area contributed by atoms with E-state index in [1.54, 1.807) is 0 Å². The fourth-order valence-electron chi connectivity index (χ4n) is 2.07. The van der Waals surface area contributed by atoms with E-state index in [4.69, 9.17) is 0 Å². The zero-order valence-electron chi connectivity index (χ0n) is 15.5. The molecule has 2 nitrogen and oxygen atoms in total. The van der Waals surface area contributed by atoms with Gasteiger partial charge in [0.05, 0.1) is 5.69 Å². The van der Waals surface area contributed by atoms with Crippen LogP contribution < -0.4 is 5.32 Å². The number of rotatable bonds is 9. The van der Waals surface area contributed by atoms with Gasteiger partial charge >= 0.3 is 53.8 Å². The first kappa shape index (κ1) is 30.5. The standard InChI is InChI=1S/C15H5F18NO/c16-4-1-2-6(5(17)3-4)34-8(35)10(22,23)12(26,27)14(30,31)15(32,33)13(28,29)11(24,25)9(20,21)7(18)19/h1-3,7H,(H,34,35). The van der Waals surface area contributed by atoms with E-state index in [0.717, 1.165) is 0 Å². The predicted octanol–water partition coefficient (Wildman–Crippen LogP) is 6.62. The SMILES string of the molecule is O=C(Nc1ccc(F)cc1F)C(F)(F)C(F)(F)C(F)(F)C(F)(F)C(F)(F)C(F)(F)C(F)(F)C(F)F. The van der Waals surface area contributed by atoms with E-state index in [2.05, 4.69) is 0 Å². The third-order valence-electron chi connectivity index (χ3n) is 4.13. The zero-order chi connectivity index (χ0) is 28.2. The highest BCUT2D eigenvalue weighted by atomic mass is 19.4. The van der Waals surface area contributed by atoms with Crippen molar-refractivity contribution < 1.29 is 83.8 Å². The molecule has 0 aliphatic carbocycles. The Hall–Kier alpha value is -2.57. The monoisotopic (exact) mass is 557 g/mol. The third-order valence-corrected chi connectivity index (χ3v) is 4.13. The lowest BCUT2D eigenvalue weighted by atomic mass is 9.89. The van der Waals surface area contributed by atoms with Crippen LogP contribution in [0.3, 0.4) is 0 Å². The Morgan fingerprint density at radius 2 is 1.06 bits per heavy atom. The summed E-state index contributed by atoms with van der Waals surface area (Å²) < 4.78 is 237. The Morgan fingerprint density at radius 3 is 1.46 bits per heavy atom. The Labute approximate surface area is 179 Å². The van der Waals surface area contributed by atoms with Crippen LogP contribution in [0, 0.1) is 11.6 Å². The van der Waals surface area contributed by atoms with Gasteiger partial charge in [-0.25, -0.2) is 17.6 Å². The highest BCUT2D eigenvalue weighted by Crippen LogP contribution is 2.62. The van der Waals surface area contributed by atoms with Gasteiger partial charge in [0.1, 0.15) is 11.6 Å². The summed E-state index contributed by atoms with van der Waals surface area (Å²) in [5.41, 5.74) is -1.70. The summed E-state index contributed by atoms with van der Waals surface area (Å²) in [6, 6.07) is -0.0886. The topological polar surface area (TPSA) is 29.1 Å². The van der Waals surface area contributed by atoms with Crippen LogP contribution in [-0.4, -0.2) is 53.8 Å². The van der Waals surface area contributed by atoms with Gasteiger partial charge < -0.3 is 5.32 Å². The molecule has 1 amide bonds. The molecule has 1 aromatic carbocycles. The minimum absolute atomic E-state index is 0.00926. The molecule has 35 heavy (non-hydrogen) atoms. The van der Waals surface area contributed by atoms with Crippen LogP contribution >= 0.6 is 0 Å². The van der Waals surface area contributed by atoms with Crippen molar-refractivity contribution in [3.05, 3.63) is 29.8 Å². The lowest BCUT2D eigenvalue weighted by Gasteiger charge is -2.42. The van der Waals surface area contributed by atoms with Crippen LogP contribution in [0.25, 0.3) is 0 Å². The van der Waals surface area contributed by atoms with E-state index in [9.17, 15) is 83.8 Å². The number of anilines is 1. The maximum atomic E-state index is 13.7. The normalized spacial score (nSPS) is 14.9. The molecule has 20 heteroatoms. The summed E-state index contributed by atoms with van der Waals surface area (Å²) in [5.74, 6) is -64.6. The molecule has 1 N–H and O–H groups in total. The summed E-state index contributed by atoms with van der Waals surface area (Å²) in [7, 11) is 0. The number of hydrogen-bond donors (Lipinski definition) is 1. The smallest absolute Gasteiger partial charge is 0.318 e. The molecule has 1 rings (SSSR count). The van der Waals surface area contributed by atoms with Crippen molar-refractivity contribution in [2.75, 3.05) is 5.32 Å². The molecule has 0 atom stereocenters. The Morgan fingerprint density at radius 1 is 0.657 bits per heavy atom. The summed E-state index contributed by atoms with van der Waals surface area (Å²) in [6.45, 7) is 0. The summed E-state index contributed by atoms with van der Waals surface area (Å²) in [6.07, 6.45) is -5.98. The molecule has 0 saturated carbocycles. The highest BCUT2D eigenvalue weighted by Gasteiger charge is 2.94. The summed E-state index contributed by atoms with van der Waals surface area (Å²) in [4.78, 5) is 11.3. The lowest BCUT2D eigenvalue weighted by Crippen LogP contribution is -2.74. The molecule has 0 saturated heterocycles. The van der Waals surface area contributed by atoms with Gasteiger partial charge in [0, 0.05) is 6.07 Å². The Bertz CT molecular complexity index is 955. The molecule has 0 aromatic heterocycles. The minimum atomic E-state index is -8.67. The van der Waals surface area contributed by atoms with Crippen LogP contribution in [0.2, 0.25) is 0 Å². The quantitative estimate of drug-likeness (QED) is 0.340. The molecule has 0 radical (unpaired) electrons. The van der Waals surface area contributed by atoms with Gasteiger partial charge in [-0.05, 0) is 12.1 Å². The second kappa shape index (κ2) is 8.52. The highest BCUT2D eigenvalue weighted by molar-refractivity contribution is 5.97. The van der Waals surface area contributed by atoms with Crippen molar-refractivity contribution in [1.82, 2.24) is 0 Å². The number of halogens is 18. The van der Waals surface area contributed by atoms with E-state index in [1.165, 1.54) is 0 Å². The Kier molecular flexibility index (Phi) is 7.42. The van der Waals surface area contributed by atoms with Crippen molar-refractivity contribution in [2.24, 2.45) is 0 Å². The maximum Gasteiger partial charge on any atom is 0.393 e. The van der Waals surface area contributed by atoms with E-state index >= 15 is 0 Å². The molecule has 0 spiro atoms. The molecule has 0 aliphatic heterocycles. The average Bonchev–Trinajstić information content (AvgIpc) is 2.68. The van der Waals surface area contributed by atoms with Crippen molar-refractivity contribution in [3.63, 3.8) is 0 Å². The number of carbonyl (C=O) groups is 1. The third kappa shape index (κ3) is 4.21. The van der Waals surface area contributed by atoms with Crippen LogP contribution in [0.15, 0.2) is 18.2 Å². The Balaban J connectivity index is 3.56. The maximum absolute atomic E-state index is 13.7. The van der Waals surface area contributed by atoms with Gasteiger partial charge in [0.15, 0.2) is 0 Å². The minimum Gasteiger partial charge on any atom is -0.318 e. The zero-order valence-corrected chi connectivity index (χ0v) is 15.5. The van der Waals surface area contributed by atoms with E-state index in [1.807, 2.05) is 0 Å². The van der Waals surface area contributed by atoms with Crippen molar-refractivity contribution in [2.45, 2.75) is 47.9 Å². The van der Waals surface area contributed by atoms with Crippen LogP contribution in [0.4, 0.5) is 84.7 Å². The molecular formula is C15H5F18NO. The molecule has 1 aromatic rings. The summed E-state index contributed by atoms with van der Waals surface area (Å²) in [5, 5.41) is 0.372. The number of amides is 1. The van der Waals surface area contributed by atoms with Crippen LogP contribution in [0.5, 0.6) is 0 Å². The second-order valence-electron chi connectivity index (χ2n) is 6.45. The van der Waals surface area contributed by atoms with E-state index in [-0.39, 0.29) is 18.2 Å². The molecule has 202 valence electrons. The average molecular weight is 557 g/mol. The largest absolute Gasteiger partial charge is 0.393 e. The van der Waals surface area contributed by atoms with Gasteiger partial charge in [-0.2, -0.15) is 61.5 Å². The molecule has 0 bridgehead atoms. The molecular weight excluding hydrogens is 552 g/mol. The number of carbonyl (C=O) groups excluding carboxylic acids is 1. The predicted molar refractivity (Wildman–Crippen MR) is 75.6 cm³/mol. The number of alkyl halides is 16. The summed E-state index contributed by atoms with van der Waals surface area (Å²) >= 11 is 0. The van der Waals surface area contributed by atoms with Crippen molar-refractivity contribution in [3.8, 4) is 0 Å². The van der Waals surface area contributed by atoms with Gasteiger partial charge in [-0.1, -0.05) is 0 Å². The molecule has 0 heterocycles. The fourth-order valence-corrected chi connectivity index (χ4v) is 2.07. The van der Waals surface area contributed by atoms with Gasteiger partial charge in [0.2, 0.25) is 0 Å². The van der Waals surface area contributed by atoms with E-state index < -0.39 is 71.1 Å². The van der Waals surface area contributed by atoms with Crippen molar-refractivity contribution in [1.29, 1.82) is 0 Å². The first-order valence-corrected chi connectivity index (χ1v) is 7.94. The van der Waals surface area contributed by atoms with Crippen molar-refractivity contribution >= 4 is 11.6 Å². The van der Waals surface area contributed by atoms with Crippen LogP contribution in [-0.2, 0) is 4.79 Å². The van der Waals surface area contributed by atoms with E-state index in [0.29, 0.717) is 5.32 Å². The molecule has 0 aliphatic rings. The number of hydrogen-bond acceptors (Lipinski definition) is 1. The number of nitrogens with one attached hydrogen (secondary N) is 1. The van der Waals surface area contributed by atoms with Gasteiger partial charge in [-0.3, -0.25) is 4.79 Å². The van der Waals surface area contributed by atoms with Gasteiger partial charge in [-0.15, -0.1) is 0 Å². The fraction of sp³-hybridized carbons (Fsp3) is 0.533.